The molecule has 4 heteroatoms. The summed E-state index contributed by atoms with van der Waals surface area (Å²) in [5, 5.41) is 9.93. The van der Waals surface area contributed by atoms with E-state index < -0.39 is 0 Å². The molecule has 1 aromatic carbocycles. The minimum atomic E-state index is 0.396. The van der Waals surface area contributed by atoms with Gasteiger partial charge in [0.1, 0.15) is 12.3 Å². The standard InChI is InChI=1S/C22H31N3O/c1-17-18(2)21(26)11-10-20(17)24-14-13-23(22-15-25(22)16-24)12-6-9-19-7-4-3-5-8-19/h6,10-12,19H,3-5,7-9,13-16H2,1-2H3/p+1/b12-6+. The molecule has 0 spiro atoms. The van der Waals surface area contributed by atoms with Crippen LogP contribution in [0.1, 0.15) is 49.7 Å². The van der Waals surface area contributed by atoms with Crippen LogP contribution >= 0.6 is 0 Å². The number of amidine groups is 1. The largest absolute Gasteiger partial charge is 0.508 e. The van der Waals surface area contributed by atoms with Gasteiger partial charge in [-0.15, -0.1) is 0 Å². The second kappa shape index (κ2) is 7.34. The molecular weight excluding hydrogens is 322 g/mol. The van der Waals surface area contributed by atoms with Crippen LogP contribution < -0.4 is 4.90 Å². The van der Waals surface area contributed by atoms with Gasteiger partial charge in [0, 0.05) is 5.69 Å². The molecule has 0 bridgehead atoms. The van der Waals surface area contributed by atoms with Gasteiger partial charge in [0.2, 0.25) is 0 Å². The smallest absolute Gasteiger partial charge is 0.296 e. The summed E-state index contributed by atoms with van der Waals surface area (Å²) < 4.78 is 2.44. The van der Waals surface area contributed by atoms with Crippen molar-refractivity contribution in [3.8, 4) is 5.75 Å². The van der Waals surface area contributed by atoms with E-state index in [4.69, 9.17) is 0 Å². The molecule has 1 aromatic rings. The number of benzene rings is 1. The summed E-state index contributed by atoms with van der Waals surface area (Å²) in [5.74, 6) is 2.76. The number of nitrogens with zero attached hydrogens (tertiary/aromatic N) is 3. The van der Waals surface area contributed by atoms with Crippen molar-refractivity contribution in [2.75, 3.05) is 31.2 Å². The Kier molecular flexibility index (Phi) is 4.92. The normalized spacial score (nSPS) is 21.3. The maximum absolute atomic E-state index is 9.93. The molecule has 3 aliphatic rings. The molecule has 0 unspecified atom stereocenters. The lowest BCUT2D eigenvalue weighted by Gasteiger charge is -2.24. The highest BCUT2D eigenvalue weighted by atomic mass is 16.3. The van der Waals surface area contributed by atoms with E-state index in [2.05, 4.69) is 39.6 Å². The zero-order valence-corrected chi connectivity index (χ0v) is 16.2. The van der Waals surface area contributed by atoms with Crippen molar-refractivity contribution >= 4 is 11.5 Å². The Morgan fingerprint density at radius 2 is 1.92 bits per heavy atom. The van der Waals surface area contributed by atoms with Crippen molar-refractivity contribution in [3.63, 3.8) is 0 Å². The fourth-order valence-electron chi connectivity index (χ4n) is 4.47. The van der Waals surface area contributed by atoms with Crippen LogP contribution in [0.3, 0.4) is 0 Å². The van der Waals surface area contributed by atoms with E-state index in [1.165, 1.54) is 55.6 Å². The molecule has 1 aliphatic carbocycles. The molecular formula is C22H32N3O+. The summed E-state index contributed by atoms with van der Waals surface area (Å²) >= 11 is 0. The molecule has 0 aromatic heterocycles. The van der Waals surface area contributed by atoms with Gasteiger partial charge in [-0.2, -0.15) is 0 Å². The van der Waals surface area contributed by atoms with Crippen LogP contribution in [0.5, 0.6) is 5.75 Å². The second-order valence-corrected chi connectivity index (χ2v) is 8.19. The molecule has 1 saturated carbocycles. The van der Waals surface area contributed by atoms with Gasteiger partial charge in [-0.3, -0.25) is 0 Å². The second-order valence-electron chi connectivity index (χ2n) is 8.19. The minimum Gasteiger partial charge on any atom is -0.508 e. The van der Waals surface area contributed by atoms with Crippen molar-refractivity contribution in [1.29, 1.82) is 0 Å². The fourth-order valence-corrected chi connectivity index (χ4v) is 4.47. The lowest BCUT2D eigenvalue weighted by molar-refractivity contribution is -0.440. The van der Waals surface area contributed by atoms with Gasteiger partial charge in [0.15, 0.2) is 13.2 Å². The molecule has 1 fully saturated rings. The number of hydrogen-bond donors (Lipinski definition) is 1. The van der Waals surface area contributed by atoms with E-state index in [9.17, 15) is 5.11 Å². The highest BCUT2D eigenvalue weighted by Gasteiger charge is 2.39. The quantitative estimate of drug-likeness (QED) is 0.829. The van der Waals surface area contributed by atoms with Crippen molar-refractivity contribution < 1.29 is 9.68 Å². The predicted molar refractivity (Wildman–Crippen MR) is 107 cm³/mol. The zero-order chi connectivity index (χ0) is 18.1. The molecule has 1 N–H and O–H groups in total. The third kappa shape index (κ3) is 3.60. The first-order chi connectivity index (χ1) is 12.6. The minimum absolute atomic E-state index is 0.396. The summed E-state index contributed by atoms with van der Waals surface area (Å²) in [7, 11) is 0. The van der Waals surface area contributed by atoms with Gasteiger partial charge in [-0.1, -0.05) is 32.1 Å². The summed E-state index contributed by atoms with van der Waals surface area (Å²) in [6.45, 7) is 8.20. The lowest BCUT2D eigenvalue weighted by atomic mass is 9.87. The summed E-state index contributed by atoms with van der Waals surface area (Å²) in [6, 6.07) is 3.90. The van der Waals surface area contributed by atoms with Gasteiger partial charge in [-0.25, -0.2) is 9.48 Å². The monoisotopic (exact) mass is 354 g/mol. The Morgan fingerprint density at radius 3 is 2.73 bits per heavy atom. The van der Waals surface area contributed by atoms with E-state index >= 15 is 0 Å². The summed E-state index contributed by atoms with van der Waals surface area (Å²) in [4.78, 5) is 4.90. The van der Waals surface area contributed by atoms with E-state index in [1.54, 1.807) is 0 Å². The first kappa shape index (κ1) is 17.4. The molecule has 4 nitrogen and oxygen atoms in total. The Balaban J connectivity index is 1.40. The van der Waals surface area contributed by atoms with Gasteiger partial charge in [0.05, 0.1) is 12.7 Å². The van der Waals surface area contributed by atoms with Crippen LogP contribution in [0.15, 0.2) is 24.4 Å². The maximum Gasteiger partial charge on any atom is 0.296 e. The Hall–Kier alpha value is -1.97. The van der Waals surface area contributed by atoms with Gasteiger partial charge < -0.3 is 10.0 Å². The highest BCUT2D eigenvalue weighted by Crippen LogP contribution is 2.30. The van der Waals surface area contributed by atoms with E-state index in [1.807, 2.05) is 13.0 Å². The van der Waals surface area contributed by atoms with Crippen LogP contribution in [0, 0.1) is 19.8 Å². The lowest BCUT2D eigenvalue weighted by Crippen LogP contribution is -2.34. The Morgan fingerprint density at radius 1 is 1.12 bits per heavy atom. The molecule has 0 saturated heterocycles. The molecule has 2 aliphatic heterocycles. The Bertz CT molecular complexity index is 731. The molecule has 140 valence electrons. The van der Waals surface area contributed by atoms with Gasteiger partial charge in [-0.05, 0) is 55.5 Å². The van der Waals surface area contributed by atoms with Crippen LogP contribution in [-0.4, -0.2) is 46.7 Å². The van der Waals surface area contributed by atoms with Gasteiger partial charge >= 0.3 is 0 Å². The molecule has 0 amide bonds. The number of allylic oxidation sites excluding steroid dienone is 1. The van der Waals surface area contributed by atoms with E-state index in [-0.39, 0.29) is 0 Å². The fraction of sp³-hybridized carbons (Fsp3) is 0.591. The van der Waals surface area contributed by atoms with Crippen LogP contribution in [-0.2, 0) is 0 Å². The third-order valence-electron chi connectivity index (χ3n) is 6.43. The molecule has 0 radical (unpaired) electrons. The number of phenols is 1. The number of rotatable bonds is 4. The van der Waals surface area contributed by atoms with Crippen LogP contribution in [0.4, 0.5) is 5.69 Å². The molecule has 2 heterocycles. The SMILES string of the molecule is Cc1c(O)ccc(N2CCN(/C=C/CC3CCCCC3)C3=[N+](C3)C2)c1C. The number of phenolic OH excluding ortho intramolecular Hbond substituents is 1. The van der Waals surface area contributed by atoms with Crippen molar-refractivity contribution in [1.82, 2.24) is 4.90 Å². The summed E-state index contributed by atoms with van der Waals surface area (Å²) in [6.07, 6.45) is 13.1. The maximum atomic E-state index is 9.93. The number of hydrogen-bond acceptors (Lipinski definition) is 3. The van der Waals surface area contributed by atoms with E-state index in [0.717, 1.165) is 37.8 Å². The first-order valence-corrected chi connectivity index (χ1v) is 10.2. The molecule has 26 heavy (non-hydrogen) atoms. The highest BCUT2D eigenvalue weighted by molar-refractivity contribution is 5.87. The number of anilines is 1. The summed E-state index contributed by atoms with van der Waals surface area (Å²) in [5.41, 5.74) is 3.43. The molecule has 4 rings (SSSR count). The predicted octanol–water partition coefficient (Wildman–Crippen LogP) is 4.00. The van der Waals surface area contributed by atoms with Gasteiger partial charge in [0.25, 0.3) is 5.84 Å². The van der Waals surface area contributed by atoms with Crippen molar-refractivity contribution in [2.45, 2.75) is 52.4 Å². The average Bonchev–Trinajstić information content (AvgIpc) is 3.42. The topological polar surface area (TPSA) is 29.7 Å². The van der Waals surface area contributed by atoms with Crippen LogP contribution in [0.2, 0.25) is 0 Å². The van der Waals surface area contributed by atoms with E-state index in [0.29, 0.717) is 5.75 Å². The number of aromatic hydroxyl groups is 1. The van der Waals surface area contributed by atoms with Crippen molar-refractivity contribution in [3.05, 3.63) is 35.5 Å². The Labute approximate surface area is 157 Å². The first-order valence-electron chi connectivity index (χ1n) is 10.2. The molecule has 0 atom stereocenters. The zero-order valence-electron chi connectivity index (χ0n) is 16.2. The van der Waals surface area contributed by atoms with Crippen molar-refractivity contribution in [2.24, 2.45) is 5.92 Å². The van der Waals surface area contributed by atoms with Crippen LogP contribution in [0.25, 0.3) is 0 Å². The third-order valence-corrected chi connectivity index (χ3v) is 6.43. The average molecular weight is 355 g/mol.